The summed E-state index contributed by atoms with van der Waals surface area (Å²) in [6.07, 6.45) is 0. The first-order valence-corrected chi connectivity index (χ1v) is 8.23. The molecule has 0 bridgehead atoms. The highest BCUT2D eigenvalue weighted by Gasteiger charge is 2.18. The van der Waals surface area contributed by atoms with Crippen molar-refractivity contribution in [3.63, 3.8) is 0 Å². The third-order valence-corrected chi connectivity index (χ3v) is 3.52. The molecule has 1 fully saturated rings. The number of carbonyl (C=O) groups excluding carboxylic acids is 2. The van der Waals surface area contributed by atoms with Crippen molar-refractivity contribution in [3.05, 3.63) is 29.6 Å². The number of carbonyl (C=O) groups is 2. The Morgan fingerprint density at radius 1 is 1.17 bits per heavy atom. The van der Waals surface area contributed by atoms with E-state index in [0.717, 1.165) is 32.8 Å². The second-order valence-corrected chi connectivity index (χ2v) is 6.82. The zero-order valence-electron chi connectivity index (χ0n) is 14.6. The third kappa shape index (κ3) is 5.90. The molecule has 2 N–H and O–H groups in total. The molecule has 0 atom stereocenters. The first-order valence-electron chi connectivity index (χ1n) is 8.23. The summed E-state index contributed by atoms with van der Waals surface area (Å²) in [5.41, 5.74) is 0.138. The first kappa shape index (κ1) is 18.4. The van der Waals surface area contributed by atoms with Crippen LogP contribution in [0.5, 0.6) is 0 Å². The number of hydrogen-bond acceptors (Lipinski definition) is 5. The van der Waals surface area contributed by atoms with Gasteiger partial charge in [-0.2, -0.15) is 0 Å². The van der Waals surface area contributed by atoms with Crippen LogP contribution in [-0.4, -0.2) is 66.6 Å². The molecule has 1 aliphatic rings. The molecule has 7 heteroatoms. The summed E-state index contributed by atoms with van der Waals surface area (Å²) in [5, 5.41) is 5.68. The number of aromatic nitrogens is 1. The normalized spacial score (nSPS) is 15.8. The summed E-state index contributed by atoms with van der Waals surface area (Å²) in [4.78, 5) is 30.7. The van der Waals surface area contributed by atoms with Crippen LogP contribution in [0.4, 0.5) is 0 Å². The van der Waals surface area contributed by atoms with Crippen LogP contribution in [0.2, 0.25) is 0 Å². The summed E-state index contributed by atoms with van der Waals surface area (Å²) in [5.74, 6) is -0.556. The van der Waals surface area contributed by atoms with E-state index in [0.29, 0.717) is 6.54 Å². The average molecular weight is 334 g/mol. The number of nitrogens with one attached hydrogen (secondary N) is 2. The van der Waals surface area contributed by atoms with Gasteiger partial charge in [-0.15, -0.1) is 0 Å². The largest absolute Gasteiger partial charge is 0.379 e. The Morgan fingerprint density at radius 2 is 1.79 bits per heavy atom. The topological polar surface area (TPSA) is 83.6 Å². The Morgan fingerprint density at radius 3 is 2.42 bits per heavy atom. The van der Waals surface area contributed by atoms with E-state index in [1.165, 1.54) is 0 Å². The Bertz CT molecular complexity index is 577. The van der Waals surface area contributed by atoms with Crippen LogP contribution in [0.25, 0.3) is 0 Å². The summed E-state index contributed by atoms with van der Waals surface area (Å²) in [6, 6.07) is 4.88. The molecule has 2 amide bonds. The van der Waals surface area contributed by atoms with E-state index >= 15 is 0 Å². The molecule has 0 aromatic carbocycles. The minimum absolute atomic E-state index is 0.241. The van der Waals surface area contributed by atoms with Crippen LogP contribution in [0.3, 0.4) is 0 Å². The van der Waals surface area contributed by atoms with Crippen LogP contribution < -0.4 is 10.6 Å². The molecule has 0 radical (unpaired) electrons. The van der Waals surface area contributed by atoms with Gasteiger partial charge in [0, 0.05) is 31.7 Å². The zero-order valence-corrected chi connectivity index (χ0v) is 14.6. The zero-order chi connectivity index (χ0) is 17.6. The molecule has 132 valence electrons. The van der Waals surface area contributed by atoms with Gasteiger partial charge in [-0.25, -0.2) is 4.98 Å². The van der Waals surface area contributed by atoms with Crippen LogP contribution in [0, 0.1) is 0 Å². The number of ether oxygens (including phenoxy) is 1. The highest BCUT2D eigenvalue weighted by Crippen LogP contribution is 2.04. The van der Waals surface area contributed by atoms with Crippen molar-refractivity contribution in [1.29, 1.82) is 0 Å². The molecular formula is C17H26N4O3. The van der Waals surface area contributed by atoms with E-state index in [1.807, 2.05) is 20.8 Å². The molecule has 0 aliphatic carbocycles. The highest BCUT2D eigenvalue weighted by atomic mass is 16.5. The van der Waals surface area contributed by atoms with Gasteiger partial charge in [0.2, 0.25) is 0 Å². The van der Waals surface area contributed by atoms with Crippen LogP contribution >= 0.6 is 0 Å². The van der Waals surface area contributed by atoms with Crippen molar-refractivity contribution in [2.75, 3.05) is 39.4 Å². The summed E-state index contributed by atoms with van der Waals surface area (Å²) >= 11 is 0. The lowest BCUT2D eigenvalue weighted by atomic mass is 10.1. The maximum absolute atomic E-state index is 12.2. The molecule has 0 unspecified atom stereocenters. The standard InChI is InChI=1S/C17H26N4O3/c1-17(2,3)20-16(23)14-6-4-5-13(19-14)15(22)18-7-8-21-9-11-24-12-10-21/h4-6H,7-12H2,1-3H3,(H,18,22)(H,20,23). The van der Waals surface area contributed by atoms with Crippen LogP contribution in [0.1, 0.15) is 41.7 Å². The maximum Gasteiger partial charge on any atom is 0.270 e. The Hall–Kier alpha value is -1.99. The van der Waals surface area contributed by atoms with Gasteiger partial charge in [-0.1, -0.05) is 6.07 Å². The monoisotopic (exact) mass is 334 g/mol. The quantitative estimate of drug-likeness (QED) is 0.827. The fourth-order valence-corrected chi connectivity index (χ4v) is 2.34. The minimum Gasteiger partial charge on any atom is -0.379 e. The van der Waals surface area contributed by atoms with E-state index in [4.69, 9.17) is 4.74 Å². The number of rotatable bonds is 5. The van der Waals surface area contributed by atoms with Crippen molar-refractivity contribution in [2.24, 2.45) is 0 Å². The first-order chi connectivity index (χ1) is 11.3. The number of morpholine rings is 1. The van der Waals surface area contributed by atoms with Crippen molar-refractivity contribution in [1.82, 2.24) is 20.5 Å². The smallest absolute Gasteiger partial charge is 0.270 e. The second kappa shape index (κ2) is 8.21. The maximum atomic E-state index is 12.2. The van der Waals surface area contributed by atoms with E-state index in [1.54, 1.807) is 18.2 Å². The lowest BCUT2D eigenvalue weighted by Crippen LogP contribution is -2.42. The molecule has 0 spiro atoms. The SMILES string of the molecule is CC(C)(C)NC(=O)c1cccc(C(=O)NCCN2CCOCC2)n1. The molecule has 1 aromatic rings. The lowest BCUT2D eigenvalue weighted by molar-refractivity contribution is 0.0383. The molecule has 7 nitrogen and oxygen atoms in total. The lowest BCUT2D eigenvalue weighted by Gasteiger charge is -2.26. The Balaban J connectivity index is 1.87. The van der Waals surface area contributed by atoms with Crippen molar-refractivity contribution >= 4 is 11.8 Å². The molecule has 1 aromatic heterocycles. The minimum atomic E-state index is -0.352. The number of nitrogens with zero attached hydrogens (tertiary/aromatic N) is 2. The van der Waals surface area contributed by atoms with Gasteiger partial charge in [0.25, 0.3) is 11.8 Å². The molecular weight excluding hydrogens is 308 g/mol. The summed E-state index contributed by atoms with van der Waals surface area (Å²) in [7, 11) is 0. The van der Waals surface area contributed by atoms with Gasteiger partial charge in [-0.05, 0) is 32.9 Å². The Kier molecular flexibility index (Phi) is 6.28. The van der Waals surface area contributed by atoms with E-state index in [2.05, 4.69) is 20.5 Å². The van der Waals surface area contributed by atoms with E-state index < -0.39 is 0 Å². The van der Waals surface area contributed by atoms with Gasteiger partial charge in [-0.3, -0.25) is 14.5 Å². The number of hydrogen-bond donors (Lipinski definition) is 2. The van der Waals surface area contributed by atoms with Crippen LogP contribution in [-0.2, 0) is 4.74 Å². The van der Waals surface area contributed by atoms with Crippen molar-refractivity contribution in [3.8, 4) is 0 Å². The van der Waals surface area contributed by atoms with Gasteiger partial charge in [0.1, 0.15) is 11.4 Å². The summed E-state index contributed by atoms with van der Waals surface area (Å²) < 4.78 is 5.29. The van der Waals surface area contributed by atoms with E-state index in [9.17, 15) is 9.59 Å². The Labute approximate surface area is 142 Å². The molecule has 1 saturated heterocycles. The molecule has 0 saturated carbocycles. The fraction of sp³-hybridized carbons (Fsp3) is 0.588. The van der Waals surface area contributed by atoms with Gasteiger partial charge in [0.15, 0.2) is 0 Å². The average Bonchev–Trinajstić information content (AvgIpc) is 2.54. The van der Waals surface area contributed by atoms with Gasteiger partial charge >= 0.3 is 0 Å². The fourth-order valence-electron chi connectivity index (χ4n) is 2.34. The predicted molar refractivity (Wildman–Crippen MR) is 91.0 cm³/mol. The number of amides is 2. The molecule has 24 heavy (non-hydrogen) atoms. The number of pyridine rings is 1. The third-order valence-electron chi connectivity index (χ3n) is 3.52. The van der Waals surface area contributed by atoms with Gasteiger partial charge < -0.3 is 15.4 Å². The van der Waals surface area contributed by atoms with Crippen molar-refractivity contribution in [2.45, 2.75) is 26.3 Å². The molecule has 2 rings (SSSR count). The molecule has 2 heterocycles. The highest BCUT2D eigenvalue weighted by molar-refractivity contribution is 5.96. The summed E-state index contributed by atoms with van der Waals surface area (Å²) in [6.45, 7) is 10.2. The second-order valence-electron chi connectivity index (χ2n) is 6.82. The van der Waals surface area contributed by atoms with Gasteiger partial charge in [0.05, 0.1) is 13.2 Å². The van der Waals surface area contributed by atoms with Crippen LogP contribution in [0.15, 0.2) is 18.2 Å². The van der Waals surface area contributed by atoms with Crippen molar-refractivity contribution < 1.29 is 14.3 Å². The van der Waals surface area contributed by atoms with E-state index in [-0.39, 0.29) is 28.7 Å². The molecule has 1 aliphatic heterocycles. The predicted octanol–water partition coefficient (Wildman–Crippen LogP) is 0.672.